The summed E-state index contributed by atoms with van der Waals surface area (Å²) in [4.78, 5) is 44.2. The first-order valence-corrected chi connectivity index (χ1v) is 11.4. The number of carbonyl (C=O) groups excluding carboxylic acids is 3. The molecule has 0 spiro atoms. The second kappa shape index (κ2) is 11.1. The maximum atomic E-state index is 13.1. The molecular formula is C28H23N5O5. The fourth-order valence-electron chi connectivity index (χ4n) is 4.17. The topological polar surface area (TPSA) is 148 Å². The number of benzene rings is 2. The monoisotopic (exact) mass is 509 g/mol. The third-order valence-corrected chi connectivity index (χ3v) is 5.90. The number of nitrogens with one attached hydrogen (secondary N) is 1. The van der Waals surface area contributed by atoms with Crippen molar-refractivity contribution in [3.05, 3.63) is 113 Å². The predicted octanol–water partition coefficient (Wildman–Crippen LogP) is 3.23. The number of carbonyl (C=O) groups is 3. The zero-order chi connectivity index (χ0) is 27.2. The fraction of sp³-hybridized carbons (Fsp3) is 0.107. The Labute approximate surface area is 218 Å². The van der Waals surface area contributed by atoms with Crippen LogP contribution in [0.25, 0.3) is 0 Å². The normalized spacial score (nSPS) is 15.0. The van der Waals surface area contributed by atoms with Gasteiger partial charge in [-0.25, -0.2) is 14.6 Å². The van der Waals surface area contributed by atoms with Crippen LogP contribution < -0.4 is 16.0 Å². The van der Waals surface area contributed by atoms with Gasteiger partial charge in [0, 0.05) is 17.4 Å². The summed E-state index contributed by atoms with van der Waals surface area (Å²) in [5.41, 5.74) is 7.41. The van der Waals surface area contributed by atoms with Gasteiger partial charge in [0.2, 0.25) is 0 Å². The van der Waals surface area contributed by atoms with Crippen LogP contribution in [0.5, 0.6) is 0 Å². The van der Waals surface area contributed by atoms with Crippen LogP contribution in [0.15, 0.2) is 102 Å². The number of amides is 1. The molecule has 2 aromatic carbocycles. The van der Waals surface area contributed by atoms with Crippen molar-refractivity contribution in [2.45, 2.75) is 5.92 Å². The Kier molecular flexibility index (Phi) is 7.49. The van der Waals surface area contributed by atoms with Gasteiger partial charge in [-0.15, -0.1) is 0 Å². The van der Waals surface area contributed by atoms with Crippen molar-refractivity contribution < 1.29 is 23.9 Å². The summed E-state index contributed by atoms with van der Waals surface area (Å²) < 4.78 is 10.0. The van der Waals surface area contributed by atoms with Crippen LogP contribution in [0, 0.1) is 11.3 Å². The summed E-state index contributed by atoms with van der Waals surface area (Å²) in [5, 5.41) is 12.8. The van der Waals surface area contributed by atoms with Gasteiger partial charge in [-0.3, -0.25) is 9.69 Å². The summed E-state index contributed by atoms with van der Waals surface area (Å²) in [6.07, 6.45) is 1.55. The molecule has 0 saturated heterocycles. The van der Waals surface area contributed by atoms with Crippen LogP contribution in [0.3, 0.4) is 0 Å². The van der Waals surface area contributed by atoms with Crippen LogP contribution in [-0.4, -0.2) is 37.0 Å². The number of methoxy groups -OCH3 is 2. The third-order valence-electron chi connectivity index (χ3n) is 5.90. The number of ether oxygens (including phenoxy) is 2. The maximum absolute atomic E-state index is 13.1. The Morgan fingerprint density at radius 2 is 1.61 bits per heavy atom. The molecule has 10 heteroatoms. The van der Waals surface area contributed by atoms with Crippen LogP contribution in [0.4, 0.5) is 11.5 Å². The number of allylic oxidation sites excluding steroid dienone is 1. The first-order chi connectivity index (χ1) is 18.4. The fourth-order valence-corrected chi connectivity index (χ4v) is 4.17. The Hall–Kier alpha value is -5.43. The number of aromatic nitrogens is 1. The van der Waals surface area contributed by atoms with E-state index in [1.54, 1.807) is 54.7 Å². The molecule has 0 saturated carbocycles. The van der Waals surface area contributed by atoms with Crippen molar-refractivity contribution >= 4 is 29.4 Å². The van der Waals surface area contributed by atoms with E-state index < -0.39 is 23.8 Å². The molecule has 1 unspecified atom stereocenters. The van der Waals surface area contributed by atoms with E-state index in [0.717, 1.165) is 0 Å². The molecule has 1 amide bonds. The number of hydrogen-bond acceptors (Lipinski definition) is 9. The Morgan fingerprint density at radius 3 is 2.18 bits per heavy atom. The third kappa shape index (κ3) is 4.81. The van der Waals surface area contributed by atoms with Crippen molar-refractivity contribution in [1.82, 2.24) is 4.98 Å². The smallest absolute Gasteiger partial charge is 0.355 e. The van der Waals surface area contributed by atoms with Gasteiger partial charge in [0.15, 0.2) is 0 Å². The average Bonchev–Trinajstić information content (AvgIpc) is 2.96. The highest BCUT2D eigenvalue weighted by atomic mass is 16.5. The predicted molar refractivity (Wildman–Crippen MR) is 138 cm³/mol. The highest BCUT2D eigenvalue weighted by molar-refractivity contribution is 6.07. The minimum Gasteiger partial charge on any atom is -0.466 e. The number of rotatable bonds is 6. The van der Waals surface area contributed by atoms with E-state index in [-0.39, 0.29) is 22.7 Å². The molecule has 1 aliphatic rings. The molecule has 0 bridgehead atoms. The van der Waals surface area contributed by atoms with Gasteiger partial charge in [0.25, 0.3) is 5.91 Å². The number of hydrogen-bond donors (Lipinski definition) is 2. The summed E-state index contributed by atoms with van der Waals surface area (Å²) >= 11 is 0. The van der Waals surface area contributed by atoms with Crippen LogP contribution in [-0.2, 0) is 19.1 Å². The molecule has 1 aliphatic heterocycles. The Balaban J connectivity index is 1.84. The zero-order valence-corrected chi connectivity index (χ0v) is 20.5. The molecule has 3 aromatic rings. The lowest BCUT2D eigenvalue weighted by atomic mass is 9.81. The number of esters is 2. The molecule has 0 aliphatic carbocycles. The van der Waals surface area contributed by atoms with Crippen molar-refractivity contribution in [3.8, 4) is 6.07 Å². The number of nitrogens with zero attached hydrogens (tertiary/aromatic N) is 3. The molecule has 190 valence electrons. The van der Waals surface area contributed by atoms with E-state index in [2.05, 4.69) is 16.4 Å². The van der Waals surface area contributed by atoms with Gasteiger partial charge < -0.3 is 20.5 Å². The van der Waals surface area contributed by atoms with Crippen molar-refractivity contribution in [3.63, 3.8) is 0 Å². The SMILES string of the molecule is COC(=O)C1=C(C(=O)OC)N(c2ccc(C(=O)Nc3ccccn3)cc2)C(N)=C(C#N)C1c1ccccc1. The minimum absolute atomic E-state index is 0.0428. The summed E-state index contributed by atoms with van der Waals surface area (Å²) in [5.74, 6) is -2.74. The summed E-state index contributed by atoms with van der Waals surface area (Å²) in [6, 6.07) is 22.0. The standard InChI is InChI=1S/C28H23N5O5/c1-37-27(35)23-22(17-8-4-3-5-9-17)20(16-29)25(30)33(24(23)28(36)38-2)19-13-11-18(12-14-19)26(34)32-21-10-6-7-15-31-21/h3-15,22H,30H2,1-2H3,(H,31,32,34). The zero-order valence-electron chi connectivity index (χ0n) is 20.5. The molecule has 38 heavy (non-hydrogen) atoms. The van der Waals surface area contributed by atoms with E-state index in [9.17, 15) is 19.6 Å². The quantitative estimate of drug-likeness (QED) is 0.478. The average molecular weight is 510 g/mol. The van der Waals surface area contributed by atoms with E-state index in [1.807, 2.05) is 0 Å². The largest absolute Gasteiger partial charge is 0.466 e. The molecule has 1 atom stereocenters. The molecule has 0 fully saturated rings. The molecule has 4 rings (SSSR count). The Bertz CT molecular complexity index is 1480. The summed E-state index contributed by atoms with van der Waals surface area (Å²) in [6.45, 7) is 0. The minimum atomic E-state index is -0.970. The highest BCUT2D eigenvalue weighted by Crippen LogP contribution is 2.43. The van der Waals surface area contributed by atoms with Crippen molar-refractivity contribution in [2.24, 2.45) is 5.73 Å². The van der Waals surface area contributed by atoms with Crippen molar-refractivity contribution in [1.29, 1.82) is 5.26 Å². The van der Waals surface area contributed by atoms with Gasteiger partial charge in [0.05, 0.1) is 37.4 Å². The van der Waals surface area contributed by atoms with Crippen molar-refractivity contribution in [2.75, 3.05) is 24.4 Å². The first kappa shape index (κ1) is 25.7. The second-order valence-electron chi connectivity index (χ2n) is 8.05. The van der Waals surface area contributed by atoms with Gasteiger partial charge in [-0.1, -0.05) is 36.4 Å². The van der Waals surface area contributed by atoms with Crippen LogP contribution in [0.1, 0.15) is 21.8 Å². The lowest BCUT2D eigenvalue weighted by Crippen LogP contribution is -2.40. The number of pyridine rings is 1. The summed E-state index contributed by atoms with van der Waals surface area (Å²) in [7, 11) is 2.35. The highest BCUT2D eigenvalue weighted by Gasteiger charge is 2.42. The Morgan fingerprint density at radius 1 is 0.947 bits per heavy atom. The molecule has 0 radical (unpaired) electrons. The molecule has 10 nitrogen and oxygen atoms in total. The lowest BCUT2D eigenvalue weighted by molar-refractivity contribution is -0.139. The molecule has 2 heterocycles. The van der Waals surface area contributed by atoms with Gasteiger partial charge in [-0.2, -0.15) is 5.26 Å². The number of anilines is 2. The maximum Gasteiger partial charge on any atom is 0.355 e. The van der Waals surface area contributed by atoms with E-state index in [0.29, 0.717) is 22.6 Å². The van der Waals surface area contributed by atoms with E-state index in [4.69, 9.17) is 15.2 Å². The number of nitriles is 1. The number of nitrogens with two attached hydrogens (primary N) is 1. The molecule has 1 aromatic heterocycles. The van der Waals surface area contributed by atoms with Gasteiger partial charge >= 0.3 is 11.9 Å². The van der Waals surface area contributed by atoms with Crippen LogP contribution in [0.2, 0.25) is 0 Å². The molecular weight excluding hydrogens is 486 g/mol. The van der Waals surface area contributed by atoms with Gasteiger partial charge in [-0.05, 0) is 42.0 Å². The van der Waals surface area contributed by atoms with Gasteiger partial charge in [0.1, 0.15) is 17.3 Å². The second-order valence-corrected chi connectivity index (χ2v) is 8.05. The lowest BCUT2D eigenvalue weighted by Gasteiger charge is -2.35. The van der Waals surface area contributed by atoms with Crippen LogP contribution >= 0.6 is 0 Å². The first-order valence-electron chi connectivity index (χ1n) is 11.4. The molecule has 3 N–H and O–H groups in total. The van der Waals surface area contributed by atoms with E-state index >= 15 is 0 Å². The van der Waals surface area contributed by atoms with E-state index in [1.165, 1.54) is 43.4 Å².